The quantitative estimate of drug-likeness (QED) is 0.324. The van der Waals surface area contributed by atoms with Gasteiger partial charge in [0, 0.05) is 40.7 Å². The summed E-state index contributed by atoms with van der Waals surface area (Å²) < 4.78 is 19.9. The van der Waals surface area contributed by atoms with Crippen LogP contribution in [0.3, 0.4) is 0 Å². The Kier molecular flexibility index (Phi) is 8.62. The molecule has 0 aliphatic rings. The number of carbonyl (C=O) groups excluding carboxylic acids is 1. The number of rotatable bonds is 10. The van der Waals surface area contributed by atoms with Crippen molar-refractivity contribution in [1.82, 2.24) is 10.3 Å². The molecule has 1 heterocycles. The lowest BCUT2D eigenvalue weighted by atomic mass is 9.88. The average Bonchev–Trinajstić information content (AvgIpc) is 2.82. The van der Waals surface area contributed by atoms with Crippen molar-refractivity contribution in [3.05, 3.63) is 59.9 Å². The maximum atomic E-state index is 14.3. The lowest BCUT2D eigenvalue weighted by Gasteiger charge is -2.25. The Balaban J connectivity index is 1.91. The van der Waals surface area contributed by atoms with Gasteiger partial charge in [-0.05, 0) is 35.9 Å². The summed E-state index contributed by atoms with van der Waals surface area (Å²) >= 11 is 3.58. The van der Waals surface area contributed by atoms with E-state index in [9.17, 15) is 9.18 Å². The molecule has 1 aromatic heterocycles. The lowest BCUT2D eigenvalue weighted by molar-refractivity contribution is -0.121. The van der Waals surface area contributed by atoms with Crippen LogP contribution in [-0.4, -0.2) is 29.9 Å². The van der Waals surface area contributed by atoms with Crippen molar-refractivity contribution in [1.29, 1.82) is 0 Å². The predicted octanol–water partition coefficient (Wildman–Crippen LogP) is 6.47. The number of nitrogens with one attached hydrogen (secondary N) is 1. The molecule has 0 aliphatic heterocycles. The first-order valence-corrected chi connectivity index (χ1v) is 12.2. The molecule has 0 fully saturated rings. The molecule has 0 spiro atoms. The van der Waals surface area contributed by atoms with E-state index in [4.69, 9.17) is 9.72 Å². The predicted molar refractivity (Wildman–Crippen MR) is 132 cm³/mol. The average molecular weight is 501 g/mol. The molecule has 0 radical (unpaired) electrons. The smallest absolute Gasteiger partial charge is 0.220 e. The van der Waals surface area contributed by atoms with Crippen molar-refractivity contribution >= 4 is 32.6 Å². The highest BCUT2D eigenvalue weighted by Gasteiger charge is 2.24. The standard InChI is InChI=1S/C26H30BrFN2O2/c1-4-5-9-25(31)29-16-22(17(2)15-27)20-12-13-24(30-26(20)32-3)19-11-10-18-7-6-8-23(28)21(18)14-19/h6-8,10-14,17,22H,4-5,9,15-16H2,1-3H3,(H,29,31). The van der Waals surface area contributed by atoms with Crippen molar-refractivity contribution in [2.45, 2.75) is 39.0 Å². The minimum Gasteiger partial charge on any atom is -0.481 e. The Labute approximate surface area is 197 Å². The summed E-state index contributed by atoms with van der Waals surface area (Å²) in [4.78, 5) is 16.9. The number of amides is 1. The molecule has 0 aliphatic carbocycles. The second kappa shape index (κ2) is 11.4. The number of hydrogen-bond donors (Lipinski definition) is 1. The van der Waals surface area contributed by atoms with Gasteiger partial charge in [0.15, 0.2) is 0 Å². The van der Waals surface area contributed by atoms with Gasteiger partial charge < -0.3 is 10.1 Å². The van der Waals surface area contributed by atoms with Crippen molar-refractivity contribution in [3.8, 4) is 17.1 Å². The Morgan fingerprint density at radius 3 is 2.75 bits per heavy atom. The largest absolute Gasteiger partial charge is 0.481 e. The number of alkyl halides is 1. The van der Waals surface area contributed by atoms with Crippen molar-refractivity contribution < 1.29 is 13.9 Å². The van der Waals surface area contributed by atoms with E-state index < -0.39 is 0 Å². The van der Waals surface area contributed by atoms with Crippen LogP contribution < -0.4 is 10.1 Å². The summed E-state index contributed by atoms with van der Waals surface area (Å²) in [5.74, 6) is 0.651. The highest BCUT2D eigenvalue weighted by atomic mass is 79.9. The second-order valence-electron chi connectivity index (χ2n) is 8.12. The van der Waals surface area contributed by atoms with Crippen molar-refractivity contribution in [2.24, 2.45) is 5.92 Å². The van der Waals surface area contributed by atoms with Gasteiger partial charge in [-0.2, -0.15) is 0 Å². The molecular weight excluding hydrogens is 471 g/mol. The summed E-state index contributed by atoms with van der Waals surface area (Å²) in [6.45, 7) is 4.73. The number of hydrogen-bond acceptors (Lipinski definition) is 3. The highest BCUT2D eigenvalue weighted by Crippen LogP contribution is 2.34. The first-order chi connectivity index (χ1) is 15.5. The van der Waals surface area contributed by atoms with Crippen LogP contribution in [-0.2, 0) is 4.79 Å². The molecule has 4 nitrogen and oxygen atoms in total. The van der Waals surface area contributed by atoms with E-state index in [1.807, 2.05) is 36.4 Å². The van der Waals surface area contributed by atoms with E-state index in [1.165, 1.54) is 6.07 Å². The van der Waals surface area contributed by atoms with Gasteiger partial charge in [-0.1, -0.05) is 66.5 Å². The second-order valence-corrected chi connectivity index (χ2v) is 8.76. The van der Waals surface area contributed by atoms with E-state index in [2.05, 4.69) is 35.1 Å². The fourth-order valence-electron chi connectivity index (χ4n) is 3.83. The minimum atomic E-state index is -0.252. The van der Waals surface area contributed by atoms with Crippen LogP contribution in [0.25, 0.3) is 22.0 Å². The van der Waals surface area contributed by atoms with Gasteiger partial charge >= 0.3 is 0 Å². The summed E-state index contributed by atoms with van der Waals surface area (Å²) in [5, 5.41) is 5.27. The van der Waals surface area contributed by atoms with Crippen molar-refractivity contribution in [2.75, 3.05) is 19.0 Å². The molecule has 170 valence electrons. The molecule has 0 bridgehead atoms. The summed E-state index contributed by atoms with van der Waals surface area (Å²) in [6, 6.07) is 14.7. The van der Waals surface area contributed by atoms with Gasteiger partial charge in [-0.3, -0.25) is 4.79 Å². The molecule has 0 saturated heterocycles. The third kappa shape index (κ3) is 5.66. The number of nitrogens with zero attached hydrogens (tertiary/aromatic N) is 1. The zero-order valence-corrected chi connectivity index (χ0v) is 20.4. The first kappa shape index (κ1) is 24.2. The number of ether oxygens (including phenoxy) is 1. The molecular formula is C26H30BrFN2O2. The third-order valence-electron chi connectivity index (χ3n) is 5.81. The van der Waals surface area contributed by atoms with Gasteiger partial charge in [0.05, 0.1) is 12.8 Å². The number of pyridine rings is 1. The number of benzene rings is 2. The van der Waals surface area contributed by atoms with E-state index >= 15 is 0 Å². The van der Waals surface area contributed by atoms with E-state index in [0.29, 0.717) is 29.9 Å². The number of aromatic nitrogens is 1. The SMILES string of the molecule is CCCCC(=O)NCC(c1ccc(-c2ccc3cccc(F)c3c2)nc1OC)C(C)CBr. The van der Waals surface area contributed by atoms with E-state index in [-0.39, 0.29) is 23.6 Å². The van der Waals surface area contributed by atoms with Crippen molar-refractivity contribution in [3.63, 3.8) is 0 Å². The lowest BCUT2D eigenvalue weighted by Crippen LogP contribution is -2.31. The Morgan fingerprint density at radius 2 is 2.03 bits per heavy atom. The number of carbonyl (C=O) groups is 1. The van der Waals surface area contributed by atoms with Crippen LogP contribution in [0.1, 0.15) is 44.6 Å². The first-order valence-electron chi connectivity index (χ1n) is 11.0. The summed E-state index contributed by atoms with van der Waals surface area (Å²) in [6.07, 6.45) is 2.42. The maximum absolute atomic E-state index is 14.3. The van der Waals surface area contributed by atoms with E-state index in [0.717, 1.165) is 34.7 Å². The minimum absolute atomic E-state index is 0.0468. The Morgan fingerprint density at radius 1 is 1.22 bits per heavy atom. The van der Waals surface area contributed by atoms with Gasteiger partial charge in [0.2, 0.25) is 11.8 Å². The number of halogens is 2. The number of unbranched alkanes of at least 4 members (excludes halogenated alkanes) is 1. The highest BCUT2D eigenvalue weighted by molar-refractivity contribution is 9.09. The fourth-order valence-corrected chi connectivity index (χ4v) is 4.28. The summed E-state index contributed by atoms with van der Waals surface area (Å²) in [7, 11) is 1.60. The van der Waals surface area contributed by atoms with Crippen LogP contribution >= 0.6 is 15.9 Å². The molecule has 1 N–H and O–H groups in total. The maximum Gasteiger partial charge on any atom is 0.220 e. The third-order valence-corrected chi connectivity index (χ3v) is 6.84. The van der Waals surface area contributed by atoms with Gasteiger partial charge in [-0.25, -0.2) is 9.37 Å². The molecule has 32 heavy (non-hydrogen) atoms. The number of methoxy groups -OCH3 is 1. The normalized spacial score (nSPS) is 13.0. The van der Waals surface area contributed by atoms with Crippen LogP contribution in [0.2, 0.25) is 0 Å². The van der Waals surface area contributed by atoms with E-state index in [1.54, 1.807) is 13.2 Å². The topological polar surface area (TPSA) is 51.2 Å². The van der Waals surface area contributed by atoms with Crippen LogP contribution in [0.5, 0.6) is 5.88 Å². The monoisotopic (exact) mass is 500 g/mol. The molecule has 6 heteroatoms. The molecule has 2 unspecified atom stereocenters. The molecule has 0 saturated carbocycles. The molecule has 2 atom stereocenters. The van der Waals surface area contributed by atoms with Gasteiger partial charge in [0.1, 0.15) is 5.82 Å². The summed E-state index contributed by atoms with van der Waals surface area (Å²) in [5.41, 5.74) is 2.49. The number of fused-ring (bicyclic) bond motifs is 1. The van der Waals surface area contributed by atoms with Crippen LogP contribution in [0.4, 0.5) is 4.39 Å². The van der Waals surface area contributed by atoms with Gasteiger partial charge in [-0.15, -0.1) is 0 Å². The molecule has 1 amide bonds. The van der Waals surface area contributed by atoms with Crippen LogP contribution in [0.15, 0.2) is 48.5 Å². The molecule has 3 aromatic rings. The van der Waals surface area contributed by atoms with Gasteiger partial charge in [0.25, 0.3) is 0 Å². The Hall–Kier alpha value is -2.47. The van der Waals surface area contributed by atoms with Crippen LogP contribution in [0, 0.1) is 11.7 Å². The fraction of sp³-hybridized carbons (Fsp3) is 0.385. The molecule has 3 rings (SSSR count). The zero-order chi connectivity index (χ0) is 23.1. The molecule has 2 aromatic carbocycles. The Bertz CT molecular complexity index is 1070. The zero-order valence-electron chi connectivity index (χ0n) is 18.8.